The van der Waals surface area contributed by atoms with Gasteiger partial charge in [0.15, 0.2) is 11.5 Å². The number of hydrogen-bond acceptors (Lipinski definition) is 6. The van der Waals surface area contributed by atoms with Gasteiger partial charge in [-0.15, -0.1) is 0 Å². The van der Waals surface area contributed by atoms with Crippen molar-refractivity contribution < 1.29 is 18.9 Å². The first-order valence-electron chi connectivity index (χ1n) is 8.52. The minimum Gasteiger partial charge on any atom is -0.497 e. The Morgan fingerprint density at radius 1 is 1.28 bits per heavy atom. The molecule has 6 nitrogen and oxygen atoms in total. The molecular formula is C20H17ClFN3O3S. The zero-order valence-electron chi connectivity index (χ0n) is 15.4. The number of benzene rings is 2. The van der Waals surface area contributed by atoms with Crippen LogP contribution in [0.15, 0.2) is 58.2 Å². The van der Waals surface area contributed by atoms with Crippen LogP contribution < -0.4 is 10.2 Å². The van der Waals surface area contributed by atoms with Crippen LogP contribution in [-0.4, -0.2) is 28.2 Å². The predicted octanol–water partition coefficient (Wildman–Crippen LogP) is 4.69. The molecule has 0 aliphatic rings. The van der Waals surface area contributed by atoms with Gasteiger partial charge < -0.3 is 9.26 Å². The number of amidine groups is 1. The van der Waals surface area contributed by atoms with Gasteiger partial charge >= 0.3 is 0 Å². The van der Waals surface area contributed by atoms with Crippen molar-refractivity contribution in [3.05, 3.63) is 76.4 Å². The number of aliphatic imine (C=N–C) groups is 1. The fourth-order valence-electron chi connectivity index (χ4n) is 2.64. The van der Waals surface area contributed by atoms with E-state index in [2.05, 4.69) is 10.1 Å². The maximum atomic E-state index is 13.3. The van der Waals surface area contributed by atoms with Crippen molar-refractivity contribution in [1.29, 1.82) is 0 Å². The van der Waals surface area contributed by atoms with E-state index in [4.69, 9.17) is 33.1 Å². The highest BCUT2D eigenvalue weighted by Gasteiger charge is 2.16. The molecule has 9 heteroatoms. The standard InChI is InChI=1S/C20H17ClFN3O3S/c1-27-15-5-2-12(3-6-15)8-16(29)9-13-11-28-25-19(13)20(24-26)23-14-4-7-18(22)17(21)10-14/h2-7,10-11,26H,8-9H2,1H3,(H,23,24). The topological polar surface area (TPSA) is 79.9 Å². The second kappa shape index (κ2) is 9.60. The summed E-state index contributed by atoms with van der Waals surface area (Å²) in [5, 5.41) is 13.3. The normalized spacial score (nSPS) is 11.4. The van der Waals surface area contributed by atoms with Crippen LogP contribution in [0.3, 0.4) is 0 Å². The maximum Gasteiger partial charge on any atom is 0.180 e. The van der Waals surface area contributed by atoms with Crippen LogP contribution in [0.1, 0.15) is 16.8 Å². The van der Waals surface area contributed by atoms with Crippen molar-refractivity contribution in [2.75, 3.05) is 7.11 Å². The average molecular weight is 434 g/mol. The van der Waals surface area contributed by atoms with Gasteiger partial charge in [0.25, 0.3) is 0 Å². The molecule has 29 heavy (non-hydrogen) atoms. The first kappa shape index (κ1) is 20.9. The third-order valence-corrected chi connectivity index (χ3v) is 4.64. The summed E-state index contributed by atoms with van der Waals surface area (Å²) in [6.07, 6.45) is 2.42. The summed E-state index contributed by atoms with van der Waals surface area (Å²) >= 11 is 11.3. The molecule has 0 saturated heterocycles. The molecule has 0 radical (unpaired) electrons. The highest BCUT2D eigenvalue weighted by Crippen LogP contribution is 2.23. The number of hydroxylamine groups is 1. The van der Waals surface area contributed by atoms with Crippen molar-refractivity contribution in [3.63, 3.8) is 0 Å². The van der Waals surface area contributed by atoms with Gasteiger partial charge in [-0.25, -0.2) is 9.38 Å². The lowest BCUT2D eigenvalue weighted by Gasteiger charge is -2.07. The van der Waals surface area contributed by atoms with E-state index in [9.17, 15) is 9.60 Å². The summed E-state index contributed by atoms with van der Waals surface area (Å²) in [6, 6.07) is 11.6. The SMILES string of the molecule is COc1ccc(CC(=S)Cc2conc2C(=Nc2ccc(F)c(Cl)c2)NO)cc1. The monoisotopic (exact) mass is 433 g/mol. The Kier molecular flexibility index (Phi) is 6.92. The zero-order chi connectivity index (χ0) is 20.8. The van der Waals surface area contributed by atoms with Gasteiger partial charge in [-0.1, -0.05) is 41.1 Å². The minimum absolute atomic E-state index is 0.0312. The first-order chi connectivity index (χ1) is 14.0. The van der Waals surface area contributed by atoms with E-state index in [0.717, 1.165) is 16.2 Å². The van der Waals surface area contributed by atoms with Gasteiger partial charge in [0.2, 0.25) is 0 Å². The molecule has 0 unspecified atom stereocenters. The quantitative estimate of drug-likeness (QED) is 0.243. The number of thiocarbonyl (C=S) groups is 1. The van der Waals surface area contributed by atoms with Crippen molar-refractivity contribution in [1.82, 2.24) is 10.6 Å². The lowest BCUT2D eigenvalue weighted by molar-refractivity contribution is 0.234. The molecule has 0 aliphatic carbocycles. The van der Waals surface area contributed by atoms with Crippen LogP contribution in [-0.2, 0) is 12.8 Å². The molecule has 1 heterocycles. The number of hydrogen-bond donors (Lipinski definition) is 2. The Labute approximate surface area is 176 Å². The Morgan fingerprint density at radius 2 is 2.03 bits per heavy atom. The van der Waals surface area contributed by atoms with E-state index in [1.54, 1.807) is 7.11 Å². The second-order valence-corrected chi connectivity index (χ2v) is 7.08. The molecule has 0 spiro atoms. The van der Waals surface area contributed by atoms with E-state index in [-0.39, 0.29) is 10.9 Å². The van der Waals surface area contributed by atoms with E-state index in [1.807, 2.05) is 29.7 Å². The lowest BCUT2D eigenvalue weighted by atomic mass is 10.0. The molecule has 2 aromatic carbocycles. The maximum absolute atomic E-state index is 13.3. The lowest BCUT2D eigenvalue weighted by Crippen LogP contribution is -2.22. The van der Waals surface area contributed by atoms with Crippen LogP contribution in [0.4, 0.5) is 10.1 Å². The minimum atomic E-state index is -0.560. The van der Waals surface area contributed by atoms with Crippen LogP contribution in [0.5, 0.6) is 5.75 Å². The summed E-state index contributed by atoms with van der Waals surface area (Å²) in [7, 11) is 1.61. The molecule has 0 saturated carbocycles. The second-order valence-electron chi connectivity index (χ2n) is 6.10. The molecule has 3 aromatic rings. The summed E-state index contributed by atoms with van der Waals surface area (Å²) in [4.78, 5) is 4.97. The molecule has 0 aliphatic heterocycles. The smallest absolute Gasteiger partial charge is 0.180 e. The summed E-state index contributed by atoms with van der Waals surface area (Å²) in [5.74, 6) is 0.246. The third kappa shape index (κ3) is 5.38. The molecule has 0 atom stereocenters. The van der Waals surface area contributed by atoms with Crippen molar-refractivity contribution in [3.8, 4) is 5.75 Å². The molecule has 0 bridgehead atoms. The Bertz CT molecular complexity index is 1040. The molecule has 1 aromatic heterocycles. The molecular weight excluding hydrogens is 417 g/mol. The largest absolute Gasteiger partial charge is 0.497 e. The highest BCUT2D eigenvalue weighted by atomic mass is 35.5. The molecule has 150 valence electrons. The molecule has 3 rings (SSSR count). The van der Waals surface area contributed by atoms with Crippen molar-refractivity contribution in [2.24, 2.45) is 4.99 Å². The Morgan fingerprint density at radius 3 is 2.69 bits per heavy atom. The fourth-order valence-corrected chi connectivity index (χ4v) is 3.14. The first-order valence-corrected chi connectivity index (χ1v) is 9.31. The number of halogens is 2. The number of nitrogens with one attached hydrogen (secondary N) is 1. The number of ether oxygens (including phenoxy) is 1. The van der Waals surface area contributed by atoms with E-state index in [1.165, 1.54) is 24.5 Å². The highest BCUT2D eigenvalue weighted by molar-refractivity contribution is 7.80. The number of nitrogens with zero attached hydrogens (tertiary/aromatic N) is 2. The fraction of sp³-hybridized carbons (Fsp3) is 0.150. The van der Waals surface area contributed by atoms with Crippen molar-refractivity contribution in [2.45, 2.75) is 12.8 Å². The third-order valence-electron chi connectivity index (χ3n) is 4.07. The van der Waals surface area contributed by atoms with Crippen LogP contribution in [0.25, 0.3) is 0 Å². The number of rotatable bonds is 7. The van der Waals surface area contributed by atoms with E-state index in [0.29, 0.717) is 29.8 Å². The van der Waals surface area contributed by atoms with Gasteiger partial charge in [-0.2, -0.15) is 0 Å². The van der Waals surface area contributed by atoms with Crippen LogP contribution in [0, 0.1) is 5.82 Å². The number of aromatic nitrogens is 1. The zero-order valence-corrected chi connectivity index (χ0v) is 16.9. The van der Waals surface area contributed by atoms with Gasteiger partial charge in [-0.3, -0.25) is 10.7 Å². The van der Waals surface area contributed by atoms with Gasteiger partial charge in [0, 0.05) is 23.3 Å². The van der Waals surface area contributed by atoms with Gasteiger partial charge in [-0.05, 0) is 35.9 Å². The summed E-state index contributed by atoms with van der Waals surface area (Å²) in [5.41, 5.74) is 4.32. The van der Waals surface area contributed by atoms with Crippen molar-refractivity contribution >= 4 is 40.2 Å². The van der Waals surface area contributed by atoms with E-state index < -0.39 is 5.82 Å². The number of methoxy groups -OCH3 is 1. The van der Waals surface area contributed by atoms with Crippen LogP contribution in [0.2, 0.25) is 5.02 Å². The van der Waals surface area contributed by atoms with Gasteiger partial charge in [0.05, 0.1) is 17.8 Å². The molecule has 0 amide bonds. The Hall–Kier alpha value is -2.81. The van der Waals surface area contributed by atoms with Crippen LogP contribution >= 0.6 is 23.8 Å². The summed E-state index contributed by atoms with van der Waals surface area (Å²) < 4.78 is 23.5. The molecule has 0 fully saturated rings. The van der Waals surface area contributed by atoms with E-state index >= 15 is 0 Å². The summed E-state index contributed by atoms with van der Waals surface area (Å²) in [6.45, 7) is 0. The Balaban J connectivity index is 1.76. The predicted molar refractivity (Wildman–Crippen MR) is 112 cm³/mol. The van der Waals surface area contributed by atoms with Gasteiger partial charge in [0.1, 0.15) is 17.8 Å². The molecule has 2 N–H and O–H groups in total. The average Bonchev–Trinajstić information content (AvgIpc) is 3.17.